The number of carbonyl (C=O) groups excluding carboxylic acids is 1. The second-order valence-corrected chi connectivity index (χ2v) is 5.22. The van der Waals surface area contributed by atoms with Crippen LogP contribution in [0.1, 0.15) is 18.4 Å². The molecule has 1 aromatic heterocycles. The van der Waals surface area contributed by atoms with E-state index in [9.17, 15) is 23.1 Å². The van der Waals surface area contributed by atoms with E-state index in [2.05, 4.69) is 16.1 Å². The van der Waals surface area contributed by atoms with Crippen LogP contribution in [-0.2, 0) is 6.18 Å². The van der Waals surface area contributed by atoms with Gasteiger partial charge in [0, 0.05) is 0 Å². The van der Waals surface area contributed by atoms with E-state index in [1.165, 1.54) is 4.90 Å². The van der Waals surface area contributed by atoms with Crippen molar-refractivity contribution in [1.29, 1.82) is 0 Å². The highest BCUT2D eigenvalue weighted by molar-refractivity contribution is 7.15. The zero-order valence-corrected chi connectivity index (χ0v) is 11.6. The van der Waals surface area contributed by atoms with Crippen LogP contribution in [-0.4, -0.2) is 45.0 Å². The van der Waals surface area contributed by atoms with Crippen molar-refractivity contribution in [2.45, 2.75) is 31.8 Å². The molecule has 2 atom stereocenters. The number of hydrogen-bond acceptors (Lipinski definition) is 5. The van der Waals surface area contributed by atoms with Crippen LogP contribution in [0, 0.1) is 12.3 Å². The summed E-state index contributed by atoms with van der Waals surface area (Å²) in [6.07, 6.45) is -0.193. The van der Waals surface area contributed by atoms with Crippen molar-refractivity contribution in [3.8, 4) is 12.3 Å². The molecule has 2 amide bonds. The Hall–Kier alpha value is -1.86. The molecule has 0 saturated carbocycles. The summed E-state index contributed by atoms with van der Waals surface area (Å²) >= 11 is 0.193. The summed E-state index contributed by atoms with van der Waals surface area (Å²) in [5.41, 5.74) is 0. The maximum absolute atomic E-state index is 12.5. The average Bonchev–Trinajstić information content (AvgIpc) is 2.97. The van der Waals surface area contributed by atoms with Crippen molar-refractivity contribution in [3.63, 3.8) is 0 Å². The zero-order chi connectivity index (χ0) is 15.8. The number of anilines is 1. The van der Waals surface area contributed by atoms with Crippen LogP contribution in [0.25, 0.3) is 0 Å². The SMILES string of the molecule is C#CC(CC)N1CC(O)N(c2nnc(C(F)(F)F)s2)C1=O. The highest BCUT2D eigenvalue weighted by atomic mass is 32.1. The number of aliphatic hydroxyl groups excluding tert-OH is 1. The van der Waals surface area contributed by atoms with Gasteiger partial charge in [0.1, 0.15) is 0 Å². The molecule has 0 spiro atoms. The molecule has 1 aliphatic heterocycles. The van der Waals surface area contributed by atoms with Crippen LogP contribution in [0.4, 0.5) is 23.1 Å². The van der Waals surface area contributed by atoms with Gasteiger partial charge in [0.15, 0.2) is 6.23 Å². The first kappa shape index (κ1) is 15.5. The molecule has 0 bridgehead atoms. The summed E-state index contributed by atoms with van der Waals surface area (Å²) in [4.78, 5) is 14.2. The van der Waals surface area contributed by atoms with Crippen molar-refractivity contribution in [3.05, 3.63) is 5.01 Å². The van der Waals surface area contributed by atoms with E-state index in [1.807, 2.05) is 0 Å². The smallest absolute Gasteiger partial charge is 0.371 e. The Kier molecular flexibility index (Phi) is 4.06. The number of β-amino-alcohol motifs (C(OH)–C–C–N with tert-alkyl or cyclic N) is 1. The topological polar surface area (TPSA) is 69.6 Å². The Bertz CT molecular complexity index is 583. The molecule has 1 fully saturated rings. The number of terminal acetylenes is 1. The normalized spacial score (nSPS) is 20.8. The predicted octanol–water partition coefficient (Wildman–Crippen LogP) is 1.53. The first-order valence-electron chi connectivity index (χ1n) is 5.94. The second kappa shape index (κ2) is 5.50. The van der Waals surface area contributed by atoms with Gasteiger partial charge in [0.05, 0.1) is 12.6 Å². The van der Waals surface area contributed by atoms with Gasteiger partial charge in [-0.3, -0.25) is 0 Å². The Balaban J connectivity index is 2.27. The lowest BCUT2D eigenvalue weighted by atomic mass is 10.2. The molecule has 0 aliphatic carbocycles. The van der Waals surface area contributed by atoms with Gasteiger partial charge in [-0.2, -0.15) is 13.2 Å². The number of carbonyl (C=O) groups is 1. The lowest BCUT2D eigenvalue weighted by molar-refractivity contribution is -0.138. The van der Waals surface area contributed by atoms with E-state index in [1.54, 1.807) is 6.92 Å². The molecule has 1 aromatic rings. The first-order chi connectivity index (χ1) is 9.79. The van der Waals surface area contributed by atoms with Crippen molar-refractivity contribution < 1.29 is 23.1 Å². The highest BCUT2D eigenvalue weighted by Gasteiger charge is 2.43. The number of aromatic nitrogens is 2. The van der Waals surface area contributed by atoms with Gasteiger partial charge >= 0.3 is 12.2 Å². The summed E-state index contributed by atoms with van der Waals surface area (Å²) < 4.78 is 37.5. The van der Waals surface area contributed by atoms with Crippen LogP contribution >= 0.6 is 11.3 Å². The minimum Gasteiger partial charge on any atom is -0.371 e. The Morgan fingerprint density at radius 2 is 2.24 bits per heavy atom. The van der Waals surface area contributed by atoms with Crippen molar-refractivity contribution >= 4 is 22.5 Å². The van der Waals surface area contributed by atoms with Crippen molar-refractivity contribution in [1.82, 2.24) is 15.1 Å². The maximum Gasteiger partial charge on any atom is 0.445 e. The summed E-state index contributed by atoms with van der Waals surface area (Å²) in [7, 11) is 0. The van der Waals surface area contributed by atoms with Gasteiger partial charge < -0.3 is 10.0 Å². The molecule has 6 nitrogen and oxygen atoms in total. The Morgan fingerprint density at radius 1 is 1.57 bits per heavy atom. The number of aliphatic hydroxyl groups is 1. The van der Waals surface area contributed by atoms with Crippen LogP contribution in [0.5, 0.6) is 0 Å². The Labute approximate surface area is 122 Å². The van der Waals surface area contributed by atoms with Crippen molar-refractivity contribution in [2.75, 3.05) is 11.4 Å². The molecule has 10 heteroatoms. The van der Waals surface area contributed by atoms with Gasteiger partial charge in [0.25, 0.3) is 0 Å². The molecule has 114 valence electrons. The standard InChI is InChI=1S/C11H11F3N4O2S/c1-3-6(4-2)17-5-7(19)18(10(17)20)9-16-15-8(21-9)11(12,13)14/h1,6-7,19H,4-5H2,2H3. The van der Waals surface area contributed by atoms with E-state index in [0.29, 0.717) is 6.42 Å². The third-order valence-corrected chi connectivity index (χ3v) is 3.90. The number of urea groups is 1. The van der Waals surface area contributed by atoms with Gasteiger partial charge in [-0.05, 0) is 6.42 Å². The van der Waals surface area contributed by atoms with E-state index in [4.69, 9.17) is 6.42 Å². The number of nitrogens with zero attached hydrogens (tertiary/aromatic N) is 4. The third-order valence-electron chi connectivity index (χ3n) is 2.93. The van der Waals surface area contributed by atoms with Crippen LogP contribution in [0.3, 0.4) is 0 Å². The minimum absolute atomic E-state index is 0.0948. The predicted molar refractivity (Wildman–Crippen MR) is 68.4 cm³/mol. The number of hydrogen-bond donors (Lipinski definition) is 1. The molecule has 1 aliphatic rings. The van der Waals surface area contributed by atoms with Gasteiger partial charge in [-0.1, -0.05) is 24.2 Å². The van der Waals surface area contributed by atoms with E-state index in [0.717, 1.165) is 4.90 Å². The molecule has 2 rings (SSSR count). The summed E-state index contributed by atoms with van der Waals surface area (Å²) in [6.45, 7) is 1.67. The number of alkyl halides is 3. The van der Waals surface area contributed by atoms with E-state index < -0.39 is 29.5 Å². The lowest BCUT2D eigenvalue weighted by Gasteiger charge is -2.21. The number of rotatable bonds is 3. The fourth-order valence-corrected chi connectivity index (χ4v) is 2.68. The van der Waals surface area contributed by atoms with Crippen LogP contribution in [0.2, 0.25) is 0 Å². The van der Waals surface area contributed by atoms with Crippen LogP contribution in [0.15, 0.2) is 0 Å². The zero-order valence-electron chi connectivity index (χ0n) is 10.8. The fraction of sp³-hybridized carbons (Fsp3) is 0.545. The monoisotopic (exact) mass is 320 g/mol. The summed E-state index contributed by atoms with van der Waals surface area (Å²) in [5.74, 6) is 2.40. The molecule has 2 unspecified atom stereocenters. The quantitative estimate of drug-likeness (QED) is 0.858. The molecule has 2 heterocycles. The van der Waals surface area contributed by atoms with Gasteiger partial charge in [0.2, 0.25) is 10.1 Å². The van der Waals surface area contributed by atoms with Crippen molar-refractivity contribution in [2.24, 2.45) is 0 Å². The van der Waals surface area contributed by atoms with Crippen LogP contribution < -0.4 is 4.90 Å². The second-order valence-electron chi connectivity index (χ2n) is 4.26. The van der Waals surface area contributed by atoms with Gasteiger partial charge in [-0.15, -0.1) is 16.6 Å². The minimum atomic E-state index is -4.64. The fourth-order valence-electron chi connectivity index (χ4n) is 1.93. The molecular formula is C11H11F3N4O2S. The average molecular weight is 320 g/mol. The molecule has 1 saturated heterocycles. The first-order valence-corrected chi connectivity index (χ1v) is 6.76. The largest absolute Gasteiger partial charge is 0.445 e. The lowest BCUT2D eigenvalue weighted by Crippen LogP contribution is -2.38. The summed E-state index contributed by atoms with van der Waals surface area (Å²) in [6, 6.07) is -1.22. The molecular weight excluding hydrogens is 309 g/mol. The van der Waals surface area contributed by atoms with Gasteiger partial charge in [-0.25, -0.2) is 9.69 Å². The Morgan fingerprint density at radius 3 is 2.71 bits per heavy atom. The van der Waals surface area contributed by atoms with E-state index >= 15 is 0 Å². The number of amides is 2. The molecule has 21 heavy (non-hydrogen) atoms. The molecule has 0 radical (unpaired) electrons. The van der Waals surface area contributed by atoms with E-state index in [-0.39, 0.29) is 23.0 Å². The summed E-state index contributed by atoms with van der Waals surface area (Å²) in [5, 5.41) is 14.7. The molecule has 1 N–H and O–H groups in total. The number of halogens is 3. The molecule has 0 aromatic carbocycles. The highest BCUT2D eigenvalue weighted by Crippen LogP contribution is 2.36. The maximum atomic E-state index is 12.5. The third kappa shape index (κ3) is 2.79.